The fourth-order valence-electron chi connectivity index (χ4n) is 3.99. The Morgan fingerprint density at radius 3 is 1.81 bits per heavy atom. The van der Waals surface area contributed by atoms with Crippen molar-refractivity contribution in [2.24, 2.45) is 23.5 Å². The highest BCUT2D eigenvalue weighted by Gasteiger charge is 2.36. The standard InChI is InChI=1S/C31H49NO11/c1-9-12-20(6)40-31(37)41-22(8)21(7)26(27(32)28(33)34)23-13-14-24(42-29(35)38-16-18(4)10-2)25(15-23)43-30(36)39-17-19(5)11-3/h13-15,18-22,26-27H,9-12,16-17,32H2,1-8H3,(H,33,34)/t18?,19?,20?,21?,22?,26?,27-/m0/s1. The number of benzene rings is 1. The van der Waals surface area contributed by atoms with Crippen molar-refractivity contribution in [3.63, 3.8) is 0 Å². The molecule has 0 radical (unpaired) electrons. The van der Waals surface area contributed by atoms with Crippen LogP contribution in [-0.4, -0.2) is 61.0 Å². The molecular weight excluding hydrogens is 562 g/mol. The van der Waals surface area contributed by atoms with E-state index in [2.05, 4.69) is 0 Å². The molecule has 1 aromatic rings. The zero-order valence-corrected chi connectivity index (χ0v) is 26.6. The first-order valence-corrected chi connectivity index (χ1v) is 14.9. The van der Waals surface area contributed by atoms with E-state index in [0.29, 0.717) is 12.0 Å². The summed E-state index contributed by atoms with van der Waals surface area (Å²) in [6, 6.07) is 2.75. The number of hydrogen-bond donors (Lipinski definition) is 2. The van der Waals surface area contributed by atoms with Crippen molar-refractivity contribution in [2.75, 3.05) is 13.2 Å². The van der Waals surface area contributed by atoms with Crippen LogP contribution < -0.4 is 15.2 Å². The van der Waals surface area contributed by atoms with Gasteiger partial charge in [-0.2, -0.15) is 0 Å². The predicted molar refractivity (Wildman–Crippen MR) is 158 cm³/mol. The van der Waals surface area contributed by atoms with Gasteiger partial charge in [-0.15, -0.1) is 0 Å². The fraction of sp³-hybridized carbons (Fsp3) is 0.677. The van der Waals surface area contributed by atoms with Gasteiger partial charge in [-0.1, -0.05) is 66.9 Å². The van der Waals surface area contributed by atoms with Gasteiger partial charge in [0.25, 0.3) is 0 Å². The lowest BCUT2D eigenvalue weighted by atomic mass is 9.79. The molecule has 12 nitrogen and oxygen atoms in total. The Labute approximate surface area is 254 Å². The molecule has 3 N–H and O–H groups in total. The second-order valence-corrected chi connectivity index (χ2v) is 11.1. The Morgan fingerprint density at radius 1 is 0.791 bits per heavy atom. The summed E-state index contributed by atoms with van der Waals surface area (Å²) < 4.78 is 31.8. The Hall–Kier alpha value is -3.54. The van der Waals surface area contributed by atoms with Gasteiger partial charge in [-0.25, -0.2) is 14.4 Å². The van der Waals surface area contributed by atoms with Crippen LogP contribution in [0.3, 0.4) is 0 Å². The van der Waals surface area contributed by atoms with Crippen molar-refractivity contribution in [1.29, 1.82) is 0 Å². The second-order valence-electron chi connectivity index (χ2n) is 11.1. The molecule has 0 aromatic heterocycles. The zero-order valence-electron chi connectivity index (χ0n) is 26.6. The molecule has 0 saturated heterocycles. The van der Waals surface area contributed by atoms with Crippen molar-refractivity contribution in [2.45, 2.75) is 105 Å². The lowest BCUT2D eigenvalue weighted by Crippen LogP contribution is -2.42. The Kier molecular flexibility index (Phi) is 16.5. The van der Waals surface area contributed by atoms with E-state index in [9.17, 15) is 24.3 Å². The highest BCUT2D eigenvalue weighted by atomic mass is 16.7. The summed E-state index contributed by atoms with van der Waals surface area (Å²) >= 11 is 0. The van der Waals surface area contributed by atoms with Crippen molar-refractivity contribution in [1.82, 2.24) is 0 Å². The number of carboxylic acids is 1. The molecule has 0 aliphatic rings. The third-order valence-electron chi connectivity index (χ3n) is 7.36. The normalized spacial score (nSPS) is 15.9. The molecule has 0 heterocycles. The van der Waals surface area contributed by atoms with Crippen LogP contribution in [0, 0.1) is 17.8 Å². The van der Waals surface area contributed by atoms with Crippen molar-refractivity contribution in [3.05, 3.63) is 23.8 Å². The maximum absolute atomic E-state index is 12.5. The highest BCUT2D eigenvalue weighted by molar-refractivity contribution is 5.75. The Morgan fingerprint density at radius 2 is 1.33 bits per heavy atom. The third-order valence-corrected chi connectivity index (χ3v) is 7.36. The van der Waals surface area contributed by atoms with Crippen LogP contribution in [0.5, 0.6) is 11.5 Å². The minimum absolute atomic E-state index is 0.0853. The van der Waals surface area contributed by atoms with Gasteiger partial charge < -0.3 is 39.3 Å². The van der Waals surface area contributed by atoms with E-state index in [1.807, 2.05) is 34.6 Å². The van der Waals surface area contributed by atoms with E-state index in [1.165, 1.54) is 18.2 Å². The average Bonchev–Trinajstić information content (AvgIpc) is 2.95. The first kappa shape index (κ1) is 37.5. The molecule has 0 aliphatic heterocycles. The van der Waals surface area contributed by atoms with Crippen LogP contribution in [0.15, 0.2) is 18.2 Å². The molecule has 0 spiro atoms. The van der Waals surface area contributed by atoms with Gasteiger partial charge in [0.05, 0.1) is 13.2 Å². The van der Waals surface area contributed by atoms with Gasteiger partial charge in [0, 0.05) is 11.8 Å². The largest absolute Gasteiger partial charge is 0.513 e. The quantitative estimate of drug-likeness (QED) is 0.109. The molecule has 0 bridgehead atoms. The van der Waals surface area contributed by atoms with E-state index in [1.54, 1.807) is 20.8 Å². The van der Waals surface area contributed by atoms with Crippen LogP contribution in [0.4, 0.5) is 14.4 Å². The number of carbonyl (C=O) groups is 4. The van der Waals surface area contributed by atoms with Crippen LogP contribution in [0.2, 0.25) is 0 Å². The molecule has 0 amide bonds. The molecule has 12 heteroatoms. The molecule has 43 heavy (non-hydrogen) atoms. The summed E-state index contributed by atoms with van der Waals surface area (Å²) in [4.78, 5) is 49.3. The average molecular weight is 612 g/mol. The molecule has 244 valence electrons. The maximum atomic E-state index is 12.5. The van der Waals surface area contributed by atoms with Crippen molar-refractivity contribution >= 4 is 24.4 Å². The van der Waals surface area contributed by atoms with Gasteiger partial charge in [0.2, 0.25) is 0 Å². The van der Waals surface area contributed by atoms with Gasteiger partial charge in [-0.3, -0.25) is 4.79 Å². The smallest absolute Gasteiger partial charge is 0.480 e. The minimum atomic E-state index is -1.44. The Balaban J connectivity index is 3.37. The molecule has 0 aliphatic carbocycles. The van der Waals surface area contributed by atoms with Crippen LogP contribution >= 0.6 is 0 Å². The molecule has 0 fully saturated rings. The topological polar surface area (TPSA) is 170 Å². The van der Waals surface area contributed by atoms with E-state index < -0.39 is 48.4 Å². The number of carbonyl (C=O) groups excluding carboxylic acids is 3. The van der Waals surface area contributed by atoms with Gasteiger partial charge in [0.15, 0.2) is 11.5 Å². The zero-order chi connectivity index (χ0) is 32.7. The molecule has 6 unspecified atom stereocenters. The highest BCUT2D eigenvalue weighted by Crippen LogP contribution is 2.37. The molecule has 0 saturated carbocycles. The van der Waals surface area contributed by atoms with Crippen LogP contribution in [0.1, 0.15) is 92.6 Å². The summed E-state index contributed by atoms with van der Waals surface area (Å²) in [7, 11) is 0. The lowest BCUT2D eigenvalue weighted by molar-refractivity contribution is -0.139. The summed E-state index contributed by atoms with van der Waals surface area (Å²) in [5, 5.41) is 9.81. The summed E-state index contributed by atoms with van der Waals surface area (Å²) in [6.07, 6.45) is -1.03. The molecule has 7 atom stereocenters. The van der Waals surface area contributed by atoms with Gasteiger partial charge in [-0.05, 0) is 49.8 Å². The number of nitrogens with two attached hydrogens (primary N) is 1. The fourth-order valence-corrected chi connectivity index (χ4v) is 3.99. The van der Waals surface area contributed by atoms with E-state index in [-0.39, 0.29) is 42.7 Å². The first-order valence-electron chi connectivity index (χ1n) is 14.9. The van der Waals surface area contributed by atoms with Gasteiger partial charge in [0.1, 0.15) is 18.2 Å². The maximum Gasteiger partial charge on any atom is 0.513 e. The van der Waals surface area contributed by atoms with Gasteiger partial charge >= 0.3 is 24.4 Å². The summed E-state index contributed by atoms with van der Waals surface area (Å²) in [6.45, 7) is 14.9. The number of carboxylic acid groups (broad SMARTS) is 1. The molecular formula is C31H49NO11. The third kappa shape index (κ3) is 13.1. The minimum Gasteiger partial charge on any atom is -0.480 e. The number of hydrogen-bond acceptors (Lipinski definition) is 11. The summed E-state index contributed by atoms with van der Waals surface area (Å²) in [5.41, 5.74) is 6.45. The van der Waals surface area contributed by atoms with Crippen LogP contribution in [0.25, 0.3) is 0 Å². The summed E-state index contributed by atoms with van der Waals surface area (Å²) in [5.74, 6) is -3.03. The number of rotatable bonds is 17. The molecule has 1 rings (SSSR count). The predicted octanol–water partition coefficient (Wildman–Crippen LogP) is 6.67. The number of aliphatic carboxylic acids is 1. The van der Waals surface area contributed by atoms with E-state index in [4.69, 9.17) is 34.2 Å². The van der Waals surface area contributed by atoms with Crippen molar-refractivity contribution < 1.29 is 52.7 Å². The SMILES string of the molecule is CCCC(C)OC(=O)OC(C)C(C)C(c1ccc(OC(=O)OCC(C)CC)c(OC(=O)OCC(C)CC)c1)[C@H](N)C(=O)O. The lowest BCUT2D eigenvalue weighted by Gasteiger charge is -2.31. The van der Waals surface area contributed by atoms with Crippen LogP contribution in [-0.2, 0) is 23.7 Å². The number of ether oxygens (including phenoxy) is 6. The van der Waals surface area contributed by atoms with E-state index in [0.717, 1.165) is 19.3 Å². The molecule has 1 aromatic carbocycles. The van der Waals surface area contributed by atoms with E-state index >= 15 is 0 Å². The monoisotopic (exact) mass is 611 g/mol. The second kappa shape index (κ2) is 18.9. The van der Waals surface area contributed by atoms with Crippen molar-refractivity contribution in [3.8, 4) is 11.5 Å². The Bertz CT molecular complexity index is 1050. The first-order chi connectivity index (χ1) is 20.2.